The zero-order valence-electron chi connectivity index (χ0n) is 12.5. The predicted molar refractivity (Wildman–Crippen MR) is 83.1 cm³/mol. The Morgan fingerprint density at radius 2 is 1.91 bits per heavy atom. The molecule has 0 N–H and O–H groups in total. The maximum absolute atomic E-state index is 11.7. The summed E-state index contributed by atoms with van der Waals surface area (Å²) in [6.07, 6.45) is 1.57. The monoisotopic (exact) mass is 296 g/mol. The molecule has 22 heavy (non-hydrogen) atoms. The Balaban J connectivity index is 1.90. The number of carbonyl (C=O) groups excluding carboxylic acids is 1. The van der Waals surface area contributed by atoms with Crippen LogP contribution in [-0.2, 0) is 11.3 Å². The molecule has 0 spiro atoms. The smallest absolute Gasteiger partial charge is 0.338 e. The van der Waals surface area contributed by atoms with Gasteiger partial charge in [0, 0.05) is 0 Å². The Kier molecular flexibility index (Phi) is 3.83. The SMILES string of the molecule is COC(=O)c1cc(OCc2ccc(C)cc2)c2ccoc2c1. The molecule has 4 heteroatoms. The molecule has 0 saturated carbocycles. The molecule has 0 unspecified atom stereocenters. The van der Waals surface area contributed by atoms with E-state index in [1.165, 1.54) is 12.7 Å². The normalized spacial score (nSPS) is 10.6. The fourth-order valence-electron chi connectivity index (χ4n) is 2.24. The lowest BCUT2D eigenvalue weighted by Crippen LogP contribution is -2.02. The average molecular weight is 296 g/mol. The van der Waals surface area contributed by atoms with Crippen molar-refractivity contribution in [3.8, 4) is 5.75 Å². The van der Waals surface area contributed by atoms with Crippen LogP contribution in [0.15, 0.2) is 53.1 Å². The summed E-state index contributed by atoms with van der Waals surface area (Å²) in [5.41, 5.74) is 3.27. The van der Waals surface area contributed by atoms with Crippen molar-refractivity contribution in [1.29, 1.82) is 0 Å². The highest BCUT2D eigenvalue weighted by Crippen LogP contribution is 2.29. The van der Waals surface area contributed by atoms with E-state index in [-0.39, 0.29) is 0 Å². The second kappa shape index (κ2) is 5.93. The van der Waals surface area contributed by atoms with Crippen molar-refractivity contribution in [2.75, 3.05) is 7.11 Å². The van der Waals surface area contributed by atoms with Gasteiger partial charge in [-0.1, -0.05) is 29.8 Å². The molecule has 0 atom stereocenters. The average Bonchev–Trinajstić information content (AvgIpc) is 3.01. The number of methoxy groups -OCH3 is 1. The zero-order valence-corrected chi connectivity index (χ0v) is 12.5. The van der Waals surface area contributed by atoms with E-state index in [0.717, 1.165) is 10.9 Å². The van der Waals surface area contributed by atoms with Gasteiger partial charge in [0.2, 0.25) is 0 Å². The van der Waals surface area contributed by atoms with Gasteiger partial charge < -0.3 is 13.9 Å². The predicted octanol–water partition coefficient (Wildman–Crippen LogP) is 4.11. The number of furan rings is 1. The quantitative estimate of drug-likeness (QED) is 0.680. The highest BCUT2D eigenvalue weighted by molar-refractivity contribution is 5.96. The van der Waals surface area contributed by atoms with E-state index in [0.29, 0.717) is 23.5 Å². The number of aryl methyl sites for hydroxylation is 1. The lowest BCUT2D eigenvalue weighted by molar-refractivity contribution is 0.0600. The van der Waals surface area contributed by atoms with Gasteiger partial charge in [0.15, 0.2) is 0 Å². The molecule has 1 heterocycles. The summed E-state index contributed by atoms with van der Waals surface area (Å²) in [6.45, 7) is 2.46. The maximum Gasteiger partial charge on any atom is 0.338 e. The van der Waals surface area contributed by atoms with Crippen LogP contribution in [0.5, 0.6) is 5.75 Å². The molecule has 1 aromatic heterocycles. The summed E-state index contributed by atoms with van der Waals surface area (Å²) in [6, 6.07) is 13.3. The highest BCUT2D eigenvalue weighted by atomic mass is 16.5. The first kappa shape index (κ1) is 14.2. The van der Waals surface area contributed by atoms with E-state index >= 15 is 0 Å². The van der Waals surface area contributed by atoms with Crippen LogP contribution in [0.2, 0.25) is 0 Å². The number of hydrogen-bond acceptors (Lipinski definition) is 4. The van der Waals surface area contributed by atoms with Crippen molar-refractivity contribution >= 4 is 16.9 Å². The second-order valence-electron chi connectivity index (χ2n) is 5.07. The minimum atomic E-state index is -0.418. The maximum atomic E-state index is 11.7. The molecule has 0 radical (unpaired) electrons. The Morgan fingerprint density at radius 3 is 2.64 bits per heavy atom. The first-order valence-corrected chi connectivity index (χ1v) is 6.95. The number of carbonyl (C=O) groups is 1. The van der Waals surface area contributed by atoms with Gasteiger partial charge in [-0.05, 0) is 30.7 Å². The molecule has 0 aliphatic heterocycles. The number of hydrogen-bond donors (Lipinski definition) is 0. The van der Waals surface area contributed by atoms with E-state index in [9.17, 15) is 4.79 Å². The number of rotatable bonds is 4. The molecule has 0 fully saturated rings. The molecule has 0 aliphatic carbocycles. The largest absolute Gasteiger partial charge is 0.488 e. The van der Waals surface area contributed by atoms with Crippen molar-refractivity contribution in [1.82, 2.24) is 0 Å². The fourth-order valence-corrected chi connectivity index (χ4v) is 2.24. The molecule has 3 rings (SSSR count). The van der Waals surface area contributed by atoms with Crippen molar-refractivity contribution < 1.29 is 18.7 Å². The van der Waals surface area contributed by atoms with Crippen molar-refractivity contribution in [2.45, 2.75) is 13.5 Å². The topological polar surface area (TPSA) is 48.7 Å². The second-order valence-corrected chi connectivity index (χ2v) is 5.07. The summed E-state index contributed by atoms with van der Waals surface area (Å²) in [5, 5.41) is 0.833. The van der Waals surface area contributed by atoms with Crippen LogP contribution >= 0.6 is 0 Å². The van der Waals surface area contributed by atoms with Gasteiger partial charge in [-0.15, -0.1) is 0 Å². The van der Waals surface area contributed by atoms with Crippen LogP contribution in [0.3, 0.4) is 0 Å². The number of esters is 1. The summed E-state index contributed by atoms with van der Waals surface area (Å²) in [5.74, 6) is 0.186. The molecule has 0 bridgehead atoms. The van der Waals surface area contributed by atoms with Gasteiger partial charge in [-0.3, -0.25) is 0 Å². The minimum absolute atomic E-state index is 0.406. The molecular formula is C18H16O4. The first-order chi connectivity index (χ1) is 10.7. The molecule has 0 amide bonds. The molecule has 0 aliphatic rings. The molecule has 4 nitrogen and oxygen atoms in total. The van der Waals surface area contributed by atoms with Crippen LogP contribution in [0.4, 0.5) is 0 Å². The third-order valence-electron chi connectivity index (χ3n) is 3.47. The van der Waals surface area contributed by atoms with E-state index < -0.39 is 5.97 Å². The summed E-state index contributed by atoms with van der Waals surface area (Å²) >= 11 is 0. The molecule has 2 aromatic carbocycles. The highest BCUT2D eigenvalue weighted by Gasteiger charge is 2.13. The molecule has 112 valence electrons. The Labute approximate surface area is 128 Å². The van der Waals surface area contributed by atoms with Gasteiger partial charge in [0.1, 0.15) is 17.9 Å². The van der Waals surface area contributed by atoms with Gasteiger partial charge >= 0.3 is 5.97 Å². The van der Waals surface area contributed by atoms with E-state index in [2.05, 4.69) is 0 Å². The summed E-state index contributed by atoms with van der Waals surface area (Å²) < 4.78 is 16.0. The Morgan fingerprint density at radius 1 is 1.14 bits per heavy atom. The minimum Gasteiger partial charge on any atom is -0.488 e. The number of ether oxygens (including phenoxy) is 2. The van der Waals surface area contributed by atoms with E-state index in [4.69, 9.17) is 13.9 Å². The third kappa shape index (κ3) is 2.81. The molecular weight excluding hydrogens is 280 g/mol. The van der Waals surface area contributed by atoms with Crippen LogP contribution in [0, 0.1) is 6.92 Å². The van der Waals surface area contributed by atoms with Crippen molar-refractivity contribution in [3.63, 3.8) is 0 Å². The Hall–Kier alpha value is -2.75. The summed E-state index contributed by atoms with van der Waals surface area (Å²) in [4.78, 5) is 11.7. The van der Waals surface area contributed by atoms with E-state index in [1.54, 1.807) is 18.4 Å². The first-order valence-electron chi connectivity index (χ1n) is 6.95. The standard InChI is InChI=1S/C18H16O4/c1-12-3-5-13(6-4-12)11-22-17-10-14(18(19)20-2)9-16-15(17)7-8-21-16/h3-10H,11H2,1-2H3. The lowest BCUT2D eigenvalue weighted by Gasteiger charge is -2.09. The molecule has 3 aromatic rings. The number of benzene rings is 2. The van der Waals surface area contributed by atoms with Gasteiger partial charge in [-0.25, -0.2) is 4.79 Å². The van der Waals surface area contributed by atoms with Crippen LogP contribution in [0.1, 0.15) is 21.5 Å². The Bertz CT molecular complexity index is 800. The zero-order chi connectivity index (χ0) is 15.5. The third-order valence-corrected chi connectivity index (χ3v) is 3.47. The van der Waals surface area contributed by atoms with Crippen LogP contribution in [0.25, 0.3) is 11.0 Å². The van der Waals surface area contributed by atoms with E-state index in [1.807, 2.05) is 37.3 Å². The van der Waals surface area contributed by atoms with Gasteiger partial charge in [0.05, 0.1) is 24.3 Å². The van der Waals surface area contributed by atoms with Crippen molar-refractivity contribution in [3.05, 3.63) is 65.4 Å². The number of fused-ring (bicyclic) bond motifs is 1. The fraction of sp³-hybridized carbons (Fsp3) is 0.167. The lowest BCUT2D eigenvalue weighted by atomic mass is 10.1. The summed E-state index contributed by atoms with van der Waals surface area (Å²) in [7, 11) is 1.35. The molecule has 0 saturated heterocycles. The van der Waals surface area contributed by atoms with Gasteiger partial charge in [0.25, 0.3) is 0 Å². The van der Waals surface area contributed by atoms with Crippen molar-refractivity contribution in [2.24, 2.45) is 0 Å². The van der Waals surface area contributed by atoms with Crippen LogP contribution < -0.4 is 4.74 Å². The van der Waals surface area contributed by atoms with Gasteiger partial charge in [-0.2, -0.15) is 0 Å². The van der Waals surface area contributed by atoms with Crippen LogP contribution in [-0.4, -0.2) is 13.1 Å².